The predicted octanol–water partition coefficient (Wildman–Crippen LogP) is 3.53. The first-order valence-electron chi connectivity index (χ1n) is 14.0. The first-order valence-corrected chi connectivity index (χ1v) is 14.7. The molecule has 14 heteroatoms. The van der Waals surface area contributed by atoms with Crippen LogP contribution < -0.4 is 15.0 Å². The Balaban J connectivity index is 1.49. The largest absolute Gasteiger partial charge is 0.478 e. The second kappa shape index (κ2) is 12.7. The lowest BCUT2D eigenvalue weighted by atomic mass is 9.85. The molecule has 2 aromatic carbocycles. The van der Waals surface area contributed by atoms with E-state index in [-0.39, 0.29) is 22.2 Å². The summed E-state index contributed by atoms with van der Waals surface area (Å²) in [5, 5.41) is 32.8. The quantitative estimate of drug-likeness (QED) is 0.244. The molecule has 4 N–H and O–H groups in total. The van der Waals surface area contributed by atoms with Crippen LogP contribution in [0.1, 0.15) is 50.8 Å². The smallest absolute Gasteiger partial charge is 0.363 e. The Morgan fingerprint density at radius 2 is 1.73 bits per heavy atom. The molecule has 3 atom stereocenters. The van der Waals surface area contributed by atoms with Crippen LogP contribution >= 0.6 is 23.2 Å². The van der Waals surface area contributed by atoms with Crippen molar-refractivity contribution in [1.82, 2.24) is 10.2 Å². The number of rotatable bonds is 8. The molecule has 240 valence electrons. The minimum absolute atomic E-state index is 0.0688. The number of hydrogen-bond donors (Lipinski definition) is 4. The lowest BCUT2D eigenvalue weighted by molar-refractivity contribution is -0.180. The van der Waals surface area contributed by atoms with Gasteiger partial charge in [0, 0.05) is 30.9 Å². The number of carboxylic acids is 2. The summed E-state index contributed by atoms with van der Waals surface area (Å²) in [6, 6.07) is 7.11. The lowest BCUT2D eigenvalue weighted by Crippen LogP contribution is -2.57. The van der Waals surface area contributed by atoms with Crippen molar-refractivity contribution in [3.05, 3.63) is 63.6 Å². The number of benzene rings is 2. The van der Waals surface area contributed by atoms with E-state index in [2.05, 4.69) is 5.32 Å². The number of carbonyl (C=O) groups excluding carboxylic acids is 3. The molecule has 0 spiro atoms. The Kier molecular flexibility index (Phi) is 9.53. The summed E-state index contributed by atoms with van der Waals surface area (Å²) in [7, 11) is 1.59. The summed E-state index contributed by atoms with van der Waals surface area (Å²) in [4.78, 5) is 66.6. The molecule has 0 saturated carbocycles. The van der Waals surface area contributed by atoms with Gasteiger partial charge in [0.05, 0.1) is 10.0 Å². The molecule has 2 heterocycles. The predicted molar refractivity (Wildman–Crippen MR) is 165 cm³/mol. The number of amides is 3. The van der Waals surface area contributed by atoms with Crippen LogP contribution in [0.5, 0.6) is 5.75 Å². The number of likely N-dealkylation sites (tertiary alicyclic amines) is 1. The molecule has 1 fully saturated rings. The average molecular weight is 663 g/mol. The Morgan fingerprint density at radius 3 is 2.33 bits per heavy atom. The zero-order valence-electron chi connectivity index (χ0n) is 24.9. The van der Waals surface area contributed by atoms with Gasteiger partial charge in [-0.05, 0) is 60.2 Å². The van der Waals surface area contributed by atoms with E-state index >= 15 is 0 Å². The van der Waals surface area contributed by atoms with Crippen LogP contribution in [0.4, 0.5) is 5.69 Å². The number of anilines is 1. The van der Waals surface area contributed by atoms with E-state index in [0.29, 0.717) is 35.7 Å². The standard InChI is InChI=1S/C31H33Cl2N3O9/c1-30(2,3)24(27(40)36-13-5-6-21(36)26(39)35(4)17-9-10-19(32)20(33)15-17)34-23(37)12-8-16-7-11-22-18(14-16)25(38)31(45-22,28(41)42)29(43)44/h7-12,14-15,21,24-25,38H,5-6,13H2,1-4H3,(H,34,37)(H,41,42)(H,43,44)/b12-8+/t21-,24+,25?/m0/s1. The minimum Gasteiger partial charge on any atom is -0.478 e. The average Bonchev–Trinajstić information content (AvgIpc) is 3.58. The summed E-state index contributed by atoms with van der Waals surface area (Å²) in [5.41, 5.74) is -2.85. The van der Waals surface area contributed by atoms with E-state index < -0.39 is 53.0 Å². The monoisotopic (exact) mass is 661 g/mol. The molecule has 2 aromatic rings. The van der Waals surface area contributed by atoms with Crippen LogP contribution in [0.15, 0.2) is 42.5 Å². The molecule has 0 bridgehead atoms. The fourth-order valence-corrected chi connectivity index (χ4v) is 5.64. The van der Waals surface area contributed by atoms with Crippen LogP contribution in [0.3, 0.4) is 0 Å². The molecule has 2 aliphatic rings. The number of aliphatic hydroxyl groups is 1. The highest BCUT2D eigenvalue weighted by molar-refractivity contribution is 6.42. The molecule has 4 rings (SSSR count). The van der Waals surface area contributed by atoms with Gasteiger partial charge >= 0.3 is 17.5 Å². The molecule has 3 amide bonds. The van der Waals surface area contributed by atoms with Crippen molar-refractivity contribution in [3.8, 4) is 5.75 Å². The zero-order valence-corrected chi connectivity index (χ0v) is 26.4. The fourth-order valence-electron chi connectivity index (χ4n) is 5.35. The highest BCUT2D eigenvalue weighted by Gasteiger charge is 2.61. The summed E-state index contributed by atoms with van der Waals surface area (Å²) >= 11 is 12.1. The molecule has 12 nitrogen and oxygen atoms in total. The maximum absolute atomic E-state index is 13.8. The number of aliphatic hydroxyl groups excluding tert-OH is 1. The fraction of sp³-hybridized carbons (Fsp3) is 0.387. The van der Waals surface area contributed by atoms with Crippen molar-refractivity contribution in [1.29, 1.82) is 0 Å². The van der Waals surface area contributed by atoms with E-state index in [9.17, 15) is 39.3 Å². The number of hydrogen-bond acceptors (Lipinski definition) is 7. The molecule has 45 heavy (non-hydrogen) atoms. The Labute approximate surface area is 269 Å². The van der Waals surface area contributed by atoms with Gasteiger partial charge in [-0.2, -0.15) is 0 Å². The summed E-state index contributed by atoms with van der Waals surface area (Å²) in [6.45, 7) is 5.68. The number of likely N-dealkylation sites (N-methyl/N-ethyl adjacent to an activating group) is 1. The van der Waals surface area contributed by atoms with Crippen LogP contribution in [-0.4, -0.2) is 81.2 Å². The van der Waals surface area contributed by atoms with Crippen molar-refractivity contribution in [3.63, 3.8) is 0 Å². The number of aliphatic carboxylic acids is 2. The molecular weight excluding hydrogens is 629 g/mol. The Morgan fingerprint density at radius 1 is 1.07 bits per heavy atom. The van der Waals surface area contributed by atoms with Crippen molar-refractivity contribution in [2.45, 2.75) is 57.4 Å². The third kappa shape index (κ3) is 6.49. The number of fused-ring (bicyclic) bond motifs is 1. The molecule has 0 radical (unpaired) electrons. The van der Waals surface area contributed by atoms with E-state index in [0.717, 1.165) is 6.08 Å². The SMILES string of the molecule is CN(C(=O)[C@@H]1CCCN1C(=O)[C@@H](NC(=O)/C=C/c1ccc2c(c1)C(O)C(C(=O)O)(C(=O)O)O2)C(C)(C)C)c1ccc(Cl)c(Cl)c1. The normalized spacial score (nSPS) is 19.5. The van der Waals surface area contributed by atoms with Gasteiger partial charge in [0.25, 0.3) is 0 Å². The van der Waals surface area contributed by atoms with E-state index in [1.54, 1.807) is 46.0 Å². The molecule has 0 aliphatic carbocycles. The number of carboxylic acid groups (broad SMARTS) is 2. The summed E-state index contributed by atoms with van der Waals surface area (Å²) in [5.74, 6) is -5.20. The highest BCUT2D eigenvalue weighted by atomic mass is 35.5. The topological polar surface area (TPSA) is 174 Å². The van der Waals surface area contributed by atoms with Gasteiger partial charge in [-0.25, -0.2) is 9.59 Å². The minimum atomic E-state index is -2.90. The maximum atomic E-state index is 13.8. The molecule has 1 saturated heterocycles. The summed E-state index contributed by atoms with van der Waals surface area (Å²) in [6.07, 6.45) is 1.56. The van der Waals surface area contributed by atoms with Crippen molar-refractivity contribution in [2.75, 3.05) is 18.5 Å². The third-order valence-electron chi connectivity index (χ3n) is 7.89. The van der Waals surface area contributed by atoms with Crippen molar-refractivity contribution >= 4 is 64.6 Å². The van der Waals surface area contributed by atoms with Gasteiger partial charge in [-0.3, -0.25) is 14.4 Å². The van der Waals surface area contributed by atoms with E-state index in [1.807, 2.05) is 0 Å². The number of nitrogens with zero attached hydrogens (tertiary/aromatic N) is 2. The van der Waals surface area contributed by atoms with Crippen LogP contribution in [0.2, 0.25) is 10.0 Å². The highest BCUT2D eigenvalue weighted by Crippen LogP contribution is 2.44. The first kappa shape index (κ1) is 33.8. The number of nitrogens with one attached hydrogen (secondary N) is 1. The number of ether oxygens (including phenoxy) is 1. The van der Waals surface area contributed by atoms with Gasteiger partial charge in [0.1, 0.15) is 23.9 Å². The Bertz CT molecular complexity index is 1570. The molecule has 1 unspecified atom stereocenters. The number of carbonyl (C=O) groups is 5. The maximum Gasteiger partial charge on any atom is 0.363 e. The van der Waals surface area contributed by atoms with Gasteiger partial charge in [0.2, 0.25) is 17.7 Å². The lowest BCUT2D eigenvalue weighted by Gasteiger charge is -2.36. The van der Waals surface area contributed by atoms with Gasteiger partial charge in [-0.15, -0.1) is 0 Å². The second-order valence-corrected chi connectivity index (χ2v) is 12.8. The number of halogens is 2. The van der Waals surface area contributed by atoms with Crippen LogP contribution in [0.25, 0.3) is 6.08 Å². The second-order valence-electron chi connectivity index (χ2n) is 12.0. The zero-order chi connectivity index (χ0) is 33.4. The van der Waals surface area contributed by atoms with Gasteiger partial charge < -0.3 is 35.2 Å². The van der Waals surface area contributed by atoms with Crippen molar-refractivity contribution < 1.29 is 44.0 Å². The molecule has 0 aromatic heterocycles. The first-order chi connectivity index (χ1) is 21.0. The van der Waals surface area contributed by atoms with E-state index in [4.69, 9.17) is 27.9 Å². The van der Waals surface area contributed by atoms with Gasteiger partial charge in [0.15, 0.2) is 0 Å². The summed E-state index contributed by atoms with van der Waals surface area (Å²) < 4.78 is 5.12. The third-order valence-corrected chi connectivity index (χ3v) is 8.63. The molecule has 2 aliphatic heterocycles. The van der Waals surface area contributed by atoms with Gasteiger partial charge in [-0.1, -0.05) is 50.0 Å². The van der Waals surface area contributed by atoms with E-state index in [1.165, 1.54) is 34.1 Å². The molecular formula is C31H33Cl2N3O9. The Hall–Kier alpha value is -4.13. The van der Waals surface area contributed by atoms with Crippen molar-refractivity contribution in [2.24, 2.45) is 5.41 Å². The van der Waals surface area contributed by atoms with Crippen LogP contribution in [0, 0.1) is 5.41 Å². The van der Waals surface area contributed by atoms with Crippen LogP contribution in [-0.2, 0) is 24.0 Å².